The van der Waals surface area contributed by atoms with E-state index < -0.39 is 66.0 Å². The molecule has 4 atom stereocenters. The van der Waals surface area contributed by atoms with Gasteiger partial charge in [0.15, 0.2) is 0 Å². The minimum atomic E-state index is -1.25. The van der Waals surface area contributed by atoms with Gasteiger partial charge in [-0.3, -0.25) is 38.4 Å². The second-order valence-electron chi connectivity index (χ2n) is 13.6. The number of nitrogens with one attached hydrogen (secondary N) is 6. The summed E-state index contributed by atoms with van der Waals surface area (Å²) in [4.78, 5) is 103. The SMILES string of the molecule is CCCC(NC(=O)C1CCCCNC(=O)CCCCCC(=O)NC(C2CCCCC2)C(=O)N1)C(=O)C(=O)NCC(=O)NC(C(N)=O)c1ccccc1. The van der Waals surface area contributed by atoms with Gasteiger partial charge in [-0.2, -0.15) is 0 Å². The maximum atomic E-state index is 13.8. The lowest BCUT2D eigenvalue weighted by Gasteiger charge is -2.31. The summed E-state index contributed by atoms with van der Waals surface area (Å²) < 4.78 is 0. The first-order chi connectivity index (χ1) is 25.0. The number of carbonyl (C=O) groups excluding carboxylic acids is 8. The monoisotopic (exact) mass is 725 g/mol. The molecule has 1 aliphatic carbocycles. The lowest BCUT2D eigenvalue weighted by atomic mass is 9.83. The largest absolute Gasteiger partial charge is 0.368 e. The van der Waals surface area contributed by atoms with E-state index >= 15 is 0 Å². The van der Waals surface area contributed by atoms with E-state index in [1.165, 1.54) is 0 Å². The molecule has 0 radical (unpaired) electrons. The number of hydrogen-bond acceptors (Lipinski definition) is 8. The van der Waals surface area contributed by atoms with Crippen molar-refractivity contribution in [1.29, 1.82) is 0 Å². The first-order valence-corrected chi connectivity index (χ1v) is 18.6. The molecule has 4 unspecified atom stereocenters. The Balaban J connectivity index is 1.70. The number of carbonyl (C=O) groups is 8. The maximum absolute atomic E-state index is 13.8. The van der Waals surface area contributed by atoms with Gasteiger partial charge in [-0.15, -0.1) is 0 Å². The van der Waals surface area contributed by atoms with Crippen LogP contribution in [0.25, 0.3) is 0 Å². The predicted molar refractivity (Wildman–Crippen MR) is 192 cm³/mol. The maximum Gasteiger partial charge on any atom is 0.290 e. The molecule has 1 aromatic carbocycles. The Labute approximate surface area is 305 Å². The van der Waals surface area contributed by atoms with Gasteiger partial charge in [0.1, 0.15) is 18.1 Å². The summed E-state index contributed by atoms with van der Waals surface area (Å²) in [6.45, 7) is 1.53. The Morgan fingerprint density at radius 3 is 2.13 bits per heavy atom. The molecule has 0 bridgehead atoms. The second kappa shape index (κ2) is 22.2. The molecule has 1 aromatic rings. The van der Waals surface area contributed by atoms with Crippen molar-refractivity contribution in [3.05, 3.63) is 35.9 Å². The molecule has 1 saturated carbocycles. The molecule has 1 heterocycles. The number of nitrogens with two attached hydrogens (primary N) is 1. The molecular weight excluding hydrogens is 670 g/mol. The van der Waals surface area contributed by atoms with Crippen LogP contribution in [0.4, 0.5) is 0 Å². The molecule has 3 rings (SSSR count). The molecule has 7 amide bonds. The highest BCUT2D eigenvalue weighted by Gasteiger charge is 2.35. The van der Waals surface area contributed by atoms with E-state index in [2.05, 4.69) is 31.9 Å². The van der Waals surface area contributed by atoms with Gasteiger partial charge in [0, 0.05) is 19.4 Å². The van der Waals surface area contributed by atoms with Crippen LogP contribution in [0, 0.1) is 5.92 Å². The molecule has 52 heavy (non-hydrogen) atoms. The summed E-state index contributed by atoms with van der Waals surface area (Å²) in [6, 6.07) is 3.97. The van der Waals surface area contributed by atoms with E-state index in [9.17, 15) is 38.4 Å². The zero-order valence-electron chi connectivity index (χ0n) is 30.1. The molecular formula is C37H55N7O8. The molecule has 0 spiro atoms. The van der Waals surface area contributed by atoms with Crippen LogP contribution in [-0.2, 0) is 38.4 Å². The van der Waals surface area contributed by atoms with Gasteiger partial charge in [-0.05, 0) is 62.8 Å². The van der Waals surface area contributed by atoms with Crippen molar-refractivity contribution < 1.29 is 38.4 Å². The van der Waals surface area contributed by atoms with Crippen LogP contribution in [0.15, 0.2) is 30.3 Å². The highest BCUT2D eigenvalue weighted by Crippen LogP contribution is 2.27. The average Bonchev–Trinajstić information content (AvgIpc) is 3.14. The fraction of sp³-hybridized carbons (Fsp3) is 0.622. The van der Waals surface area contributed by atoms with Crippen LogP contribution in [0.5, 0.6) is 0 Å². The normalized spacial score (nSPS) is 21.1. The zero-order chi connectivity index (χ0) is 37.9. The van der Waals surface area contributed by atoms with Gasteiger partial charge in [0.25, 0.3) is 5.91 Å². The van der Waals surface area contributed by atoms with Crippen molar-refractivity contribution in [3.63, 3.8) is 0 Å². The Kier molecular flexibility index (Phi) is 17.8. The summed E-state index contributed by atoms with van der Waals surface area (Å²) in [5.41, 5.74) is 5.90. The van der Waals surface area contributed by atoms with Crippen LogP contribution in [-0.4, -0.2) is 78.3 Å². The smallest absolute Gasteiger partial charge is 0.290 e. The number of ketones is 1. The molecule has 2 aliphatic rings. The van der Waals surface area contributed by atoms with Crippen molar-refractivity contribution in [2.45, 2.75) is 127 Å². The fourth-order valence-corrected chi connectivity index (χ4v) is 6.59. The van der Waals surface area contributed by atoms with Crippen molar-refractivity contribution in [3.8, 4) is 0 Å². The highest BCUT2D eigenvalue weighted by molar-refractivity contribution is 6.38. The second-order valence-corrected chi connectivity index (χ2v) is 13.6. The molecule has 8 N–H and O–H groups in total. The van der Waals surface area contributed by atoms with Crippen LogP contribution in [0.2, 0.25) is 0 Å². The van der Waals surface area contributed by atoms with E-state index in [0.29, 0.717) is 57.1 Å². The van der Waals surface area contributed by atoms with Crippen LogP contribution < -0.4 is 37.6 Å². The van der Waals surface area contributed by atoms with Gasteiger partial charge < -0.3 is 37.6 Å². The third kappa shape index (κ3) is 14.1. The minimum Gasteiger partial charge on any atom is -0.368 e. The number of benzene rings is 1. The summed E-state index contributed by atoms with van der Waals surface area (Å²) in [7, 11) is 0. The minimum absolute atomic E-state index is 0.0886. The van der Waals surface area contributed by atoms with E-state index in [4.69, 9.17) is 5.73 Å². The van der Waals surface area contributed by atoms with Gasteiger partial charge in [0.05, 0.1) is 12.6 Å². The Morgan fingerprint density at radius 2 is 1.46 bits per heavy atom. The van der Waals surface area contributed by atoms with E-state index in [-0.39, 0.29) is 37.0 Å². The predicted octanol–water partition coefficient (Wildman–Crippen LogP) is 1.10. The van der Waals surface area contributed by atoms with Gasteiger partial charge >= 0.3 is 0 Å². The van der Waals surface area contributed by atoms with Gasteiger partial charge in [0.2, 0.25) is 41.2 Å². The van der Waals surface area contributed by atoms with Gasteiger partial charge in [-0.1, -0.05) is 69.4 Å². The van der Waals surface area contributed by atoms with Crippen molar-refractivity contribution in [1.82, 2.24) is 31.9 Å². The van der Waals surface area contributed by atoms with Crippen molar-refractivity contribution in [2.24, 2.45) is 11.7 Å². The van der Waals surface area contributed by atoms with Crippen LogP contribution >= 0.6 is 0 Å². The quantitative estimate of drug-likeness (QED) is 0.154. The lowest BCUT2D eigenvalue weighted by molar-refractivity contribution is -0.141. The molecule has 15 heteroatoms. The topological polar surface area (TPSA) is 235 Å². The number of rotatable bonds is 12. The highest BCUT2D eigenvalue weighted by atomic mass is 16.2. The average molecular weight is 726 g/mol. The molecule has 15 nitrogen and oxygen atoms in total. The standard InChI is InChI=1S/C37H55N7O8/c1-2-14-26(33(48)37(52)40-23-30(47)44-31(34(38)49)24-15-6-3-7-16-24)41-35(50)27-19-12-13-22-39-28(45)20-10-5-11-21-29(46)43-32(36(51)42-27)25-17-8-4-9-18-25/h3,6-7,15-16,25-27,31-32H,2,4-5,8-14,17-23H2,1H3,(H2,38,49)(H,39,45)(H,40,52)(H,41,50)(H,42,51)(H,43,46)(H,44,47). The molecule has 2 fully saturated rings. The molecule has 1 saturated heterocycles. The zero-order valence-corrected chi connectivity index (χ0v) is 30.1. The molecule has 0 aromatic heterocycles. The summed E-state index contributed by atoms with van der Waals surface area (Å²) >= 11 is 0. The summed E-state index contributed by atoms with van der Waals surface area (Å²) in [5, 5.41) is 15.9. The number of Topliss-reactive ketones (excluding diaryl/α,β-unsaturated/α-hetero) is 1. The van der Waals surface area contributed by atoms with Crippen LogP contribution in [0.1, 0.15) is 115 Å². The summed E-state index contributed by atoms with van der Waals surface area (Å²) in [6.07, 6.45) is 8.64. The van der Waals surface area contributed by atoms with Crippen molar-refractivity contribution in [2.75, 3.05) is 13.1 Å². The number of amides is 7. The lowest BCUT2D eigenvalue weighted by Crippen LogP contribution is -2.58. The van der Waals surface area contributed by atoms with Crippen LogP contribution in [0.3, 0.4) is 0 Å². The number of hydrogen-bond donors (Lipinski definition) is 7. The van der Waals surface area contributed by atoms with Crippen molar-refractivity contribution >= 4 is 47.1 Å². The van der Waals surface area contributed by atoms with E-state index in [1.54, 1.807) is 37.3 Å². The van der Waals surface area contributed by atoms with Gasteiger partial charge in [-0.25, -0.2) is 0 Å². The van der Waals surface area contributed by atoms with E-state index in [1.807, 2.05) is 0 Å². The number of primary amides is 1. The Hall–Kier alpha value is -4.82. The molecule has 286 valence electrons. The third-order valence-corrected chi connectivity index (χ3v) is 9.47. The molecule has 1 aliphatic heterocycles. The fourth-order valence-electron chi connectivity index (χ4n) is 6.59. The Bertz CT molecular complexity index is 1400. The van der Waals surface area contributed by atoms with E-state index in [0.717, 1.165) is 32.1 Å². The summed E-state index contributed by atoms with van der Waals surface area (Å²) in [5.74, 6) is -5.26. The first-order valence-electron chi connectivity index (χ1n) is 18.6. The Morgan fingerprint density at radius 1 is 0.808 bits per heavy atom. The third-order valence-electron chi connectivity index (χ3n) is 9.47. The first kappa shape index (κ1) is 41.6.